The molecule has 2 heteroatoms. The van der Waals surface area contributed by atoms with Gasteiger partial charge in [-0.25, -0.2) is 0 Å². The van der Waals surface area contributed by atoms with Crippen molar-refractivity contribution in [1.29, 1.82) is 0 Å². The number of ether oxygens (including phenoxy) is 1. The average molecular weight is 234 g/mol. The minimum atomic E-state index is -0.0962. The summed E-state index contributed by atoms with van der Waals surface area (Å²) < 4.78 is 5.04. The van der Waals surface area contributed by atoms with Gasteiger partial charge in [-0.1, -0.05) is 44.2 Å². The lowest BCUT2D eigenvalue weighted by atomic mass is 9.96. The Hall–Kier alpha value is -1.31. The molecular weight excluding hydrogens is 212 g/mol. The Bertz CT molecular complexity index is 319. The molecule has 17 heavy (non-hydrogen) atoms. The molecule has 0 bridgehead atoms. The van der Waals surface area contributed by atoms with E-state index < -0.39 is 0 Å². The summed E-state index contributed by atoms with van der Waals surface area (Å²) in [5, 5.41) is 0. The van der Waals surface area contributed by atoms with E-state index in [-0.39, 0.29) is 5.97 Å². The Morgan fingerprint density at radius 2 is 1.94 bits per heavy atom. The zero-order valence-corrected chi connectivity index (χ0v) is 10.8. The molecule has 1 unspecified atom stereocenters. The number of hydrogen-bond acceptors (Lipinski definition) is 2. The monoisotopic (exact) mass is 234 g/mol. The highest BCUT2D eigenvalue weighted by Crippen LogP contribution is 2.20. The number of esters is 1. The summed E-state index contributed by atoms with van der Waals surface area (Å²) in [5.74, 6) is 0.485. The first-order valence-electron chi connectivity index (χ1n) is 6.44. The molecule has 0 aromatic heterocycles. The van der Waals surface area contributed by atoms with Crippen LogP contribution in [-0.2, 0) is 9.53 Å². The number of benzene rings is 1. The zero-order chi connectivity index (χ0) is 12.5. The minimum Gasteiger partial charge on any atom is -0.466 e. The van der Waals surface area contributed by atoms with Gasteiger partial charge in [0.25, 0.3) is 0 Å². The zero-order valence-electron chi connectivity index (χ0n) is 10.8. The Kier molecular flexibility index (Phi) is 6.38. The first-order chi connectivity index (χ1) is 8.24. The van der Waals surface area contributed by atoms with Gasteiger partial charge in [0, 0.05) is 6.42 Å². The van der Waals surface area contributed by atoms with Gasteiger partial charge in [0.05, 0.1) is 6.61 Å². The van der Waals surface area contributed by atoms with E-state index in [0.29, 0.717) is 18.9 Å². The van der Waals surface area contributed by atoms with Crippen molar-refractivity contribution in [2.45, 2.75) is 45.4 Å². The average Bonchev–Trinajstić information content (AvgIpc) is 2.38. The second-order valence-corrected chi connectivity index (χ2v) is 4.38. The Balaban J connectivity index is 2.13. The SMILES string of the molecule is CCC(=O)OCCCCC(C)c1ccccc1. The summed E-state index contributed by atoms with van der Waals surface area (Å²) in [6.07, 6.45) is 3.68. The van der Waals surface area contributed by atoms with E-state index in [9.17, 15) is 4.79 Å². The summed E-state index contributed by atoms with van der Waals surface area (Å²) >= 11 is 0. The summed E-state index contributed by atoms with van der Waals surface area (Å²) in [7, 11) is 0. The summed E-state index contributed by atoms with van der Waals surface area (Å²) in [6, 6.07) is 10.5. The molecule has 0 amide bonds. The van der Waals surface area contributed by atoms with Crippen molar-refractivity contribution in [2.75, 3.05) is 6.61 Å². The third kappa shape index (κ3) is 5.53. The van der Waals surface area contributed by atoms with Gasteiger partial charge in [0.1, 0.15) is 0 Å². The van der Waals surface area contributed by atoms with Crippen LogP contribution in [0.5, 0.6) is 0 Å². The molecule has 1 atom stereocenters. The molecule has 0 radical (unpaired) electrons. The molecule has 1 rings (SSSR count). The van der Waals surface area contributed by atoms with Crippen LogP contribution in [-0.4, -0.2) is 12.6 Å². The smallest absolute Gasteiger partial charge is 0.305 e. The van der Waals surface area contributed by atoms with E-state index in [0.717, 1.165) is 19.3 Å². The highest BCUT2D eigenvalue weighted by Gasteiger charge is 2.04. The summed E-state index contributed by atoms with van der Waals surface area (Å²) in [4.78, 5) is 10.9. The predicted octanol–water partition coefficient (Wildman–Crippen LogP) is 3.91. The third-order valence-corrected chi connectivity index (χ3v) is 2.95. The second kappa shape index (κ2) is 7.88. The maximum absolute atomic E-state index is 10.9. The van der Waals surface area contributed by atoms with Crippen molar-refractivity contribution < 1.29 is 9.53 Å². The fourth-order valence-corrected chi connectivity index (χ4v) is 1.79. The molecule has 0 saturated heterocycles. The van der Waals surface area contributed by atoms with Gasteiger partial charge in [0.2, 0.25) is 0 Å². The molecular formula is C15H22O2. The first-order valence-corrected chi connectivity index (χ1v) is 6.44. The fourth-order valence-electron chi connectivity index (χ4n) is 1.79. The van der Waals surface area contributed by atoms with Crippen LogP contribution in [0, 0.1) is 0 Å². The minimum absolute atomic E-state index is 0.0962. The lowest BCUT2D eigenvalue weighted by Crippen LogP contribution is -2.04. The van der Waals surface area contributed by atoms with Crippen molar-refractivity contribution in [1.82, 2.24) is 0 Å². The largest absolute Gasteiger partial charge is 0.466 e. The van der Waals surface area contributed by atoms with Crippen molar-refractivity contribution in [2.24, 2.45) is 0 Å². The van der Waals surface area contributed by atoms with E-state index in [2.05, 4.69) is 31.2 Å². The lowest BCUT2D eigenvalue weighted by molar-refractivity contribution is -0.143. The molecule has 0 heterocycles. The highest BCUT2D eigenvalue weighted by atomic mass is 16.5. The van der Waals surface area contributed by atoms with Gasteiger partial charge in [-0.05, 0) is 30.7 Å². The molecule has 1 aromatic rings. The Morgan fingerprint density at radius 3 is 2.59 bits per heavy atom. The van der Waals surface area contributed by atoms with Crippen LogP contribution in [0.25, 0.3) is 0 Å². The molecule has 0 aliphatic rings. The van der Waals surface area contributed by atoms with E-state index in [1.54, 1.807) is 0 Å². The normalized spacial score (nSPS) is 12.1. The number of hydrogen-bond donors (Lipinski definition) is 0. The van der Waals surface area contributed by atoms with Crippen LogP contribution in [0.1, 0.15) is 51.0 Å². The van der Waals surface area contributed by atoms with Crippen LogP contribution in [0.3, 0.4) is 0 Å². The van der Waals surface area contributed by atoms with Gasteiger partial charge < -0.3 is 4.74 Å². The Labute approximate surface area is 104 Å². The molecule has 0 aliphatic heterocycles. The first kappa shape index (κ1) is 13.8. The van der Waals surface area contributed by atoms with E-state index in [4.69, 9.17) is 4.74 Å². The number of carbonyl (C=O) groups excluding carboxylic acids is 1. The van der Waals surface area contributed by atoms with E-state index in [1.807, 2.05) is 13.0 Å². The van der Waals surface area contributed by atoms with Crippen LogP contribution in [0.15, 0.2) is 30.3 Å². The number of carbonyl (C=O) groups is 1. The van der Waals surface area contributed by atoms with Gasteiger partial charge in [-0.15, -0.1) is 0 Å². The van der Waals surface area contributed by atoms with Gasteiger partial charge in [0.15, 0.2) is 0 Å². The van der Waals surface area contributed by atoms with E-state index >= 15 is 0 Å². The lowest BCUT2D eigenvalue weighted by Gasteiger charge is -2.11. The van der Waals surface area contributed by atoms with Gasteiger partial charge in [-0.2, -0.15) is 0 Å². The number of rotatable bonds is 7. The molecule has 0 aliphatic carbocycles. The maximum Gasteiger partial charge on any atom is 0.305 e. The van der Waals surface area contributed by atoms with Crippen LogP contribution in [0.4, 0.5) is 0 Å². The molecule has 0 spiro atoms. The molecule has 1 aromatic carbocycles. The summed E-state index contributed by atoms with van der Waals surface area (Å²) in [5.41, 5.74) is 1.39. The van der Waals surface area contributed by atoms with Crippen LogP contribution >= 0.6 is 0 Å². The third-order valence-electron chi connectivity index (χ3n) is 2.95. The van der Waals surface area contributed by atoms with Crippen LogP contribution in [0.2, 0.25) is 0 Å². The standard InChI is InChI=1S/C15H22O2/c1-3-15(16)17-12-8-7-9-13(2)14-10-5-4-6-11-14/h4-6,10-11,13H,3,7-9,12H2,1-2H3. The molecule has 0 N–H and O–H groups in total. The maximum atomic E-state index is 10.9. The van der Waals surface area contributed by atoms with Crippen molar-refractivity contribution in [3.8, 4) is 0 Å². The van der Waals surface area contributed by atoms with Gasteiger partial charge in [-0.3, -0.25) is 4.79 Å². The molecule has 0 fully saturated rings. The number of unbranched alkanes of at least 4 members (excludes halogenated alkanes) is 1. The fraction of sp³-hybridized carbons (Fsp3) is 0.533. The molecule has 0 saturated carbocycles. The Morgan fingerprint density at radius 1 is 1.24 bits per heavy atom. The van der Waals surface area contributed by atoms with Crippen molar-refractivity contribution in [3.05, 3.63) is 35.9 Å². The quantitative estimate of drug-likeness (QED) is 0.528. The highest BCUT2D eigenvalue weighted by molar-refractivity contribution is 5.68. The molecule has 2 nitrogen and oxygen atoms in total. The molecule has 94 valence electrons. The predicted molar refractivity (Wildman–Crippen MR) is 70.0 cm³/mol. The van der Waals surface area contributed by atoms with Gasteiger partial charge >= 0.3 is 5.97 Å². The second-order valence-electron chi connectivity index (χ2n) is 4.38. The van der Waals surface area contributed by atoms with Crippen LogP contribution < -0.4 is 0 Å². The van der Waals surface area contributed by atoms with E-state index in [1.165, 1.54) is 5.56 Å². The van der Waals surface area contributed by atoms with Crippen molar-refractivity contribution >= 4 is 5.97 Å². The topological polar surface area (TPSA) is 26.3 Å². The van der Waals surface area contributed by atoms with Crippen molar-refractivity contribution in [3.63, 3.8) is 0 Å². The summed E-state index contributed by atoms with van der Waals surface area (Å²) in [6.45, 7) is 4.63.